The summed E-state index contributed by atoms with van der Waals surface area (Å²) in [4.78, 5) is 7.93. The second kappa shape index (κ2) is 5.67. The minimum absolute atomic E-state index is 0.0398. The Labute approximate surface area is 117 Å². The number of halogens is 1. The number of hydrogen-bond acceptors (Lipinski definition) is 4. The number of sulfone groups is 1. The molecule has 4 nitrogen and oxygen atoms in total. The van der Waals surface area contributed by atoms with E-state index in [1.807, 2.05) is 0 Å². The monoisotopic (exact) mass is 296 g/mol. The van der Waals surface area contributed by atoms with Gasteiger partial charge < -0.3 is 0 Å². The molecule has 1 heterocycles. The molecule has 2 aromatic rings. The lowest BCUT2D eigenvalue weighted by Crippen LogP contribution is -2.14. The van der Waals surface area contributed by atoms with E-state index in [0.717, 1.165) is 0 Å². The predicted octanol–water partition coefficient (Wildman–Crippen LogP) is 2.81. The Morgan fingerprint density at radius 2 is 1.89 bits per heavy atom. The van der Waals surface area contributed by atoms with Gasteiger partial charge in [0, 0.05) is 23.6 Å². The lowest BCUT2D eigenvalue weighted by Gasteiger charge is -2.12. The number of rotatable bonds is 4. The van der Waals surface area contributed by atoms with Crippen molar-refractivity contribution in [3.05, 3.63) is 59.1 Å². The summed E-state index contributed by atoms with van der Waals surface area (Å²) in [5, 5.41) is -0.0972. The van der Waals surface area contributed by atoms with Crippen LogP contribution in [0.25, 0.3) is 0 Å². The van der Waals surface area contributed by atoms with Crippen molar-refractivity contribution in [2.75, 3.05) is 0 Å². The molecule has 1 aromatic carbocycles. The molecule has 2 rings (SSSR count). The highest BCUT2D eigenvalue weighted by atomic mass is 35.5. The molecule has 0 radical (unpaired) electrons. The third kappa shape index (κ3) is 3.52. The van der Waals surface area contributed by atoms with Crippen molar-refractivity contribution in [1.29, 1.82) is 0 Å². The van der Waals surface area contributed by atoms with Gasteiger partial charge in [-0.05, 0) is 24.6 Å². The van der Waals surface area contributed by atoms with Crippen LogP contribution in [0.2, 0.25) is 5.02 Å². The molecule has 0 spiro atoms. The predicted molar refractivity (Wildman–Crippen MR) is 74.5 cm³/mol. The van der Waals surface area contributed by atoms with Gasteiger partial charge in [0.15, 0.2) is 9.84 Å². The van der Waals surface area contributed by atoms with Gasteiger partial charge in [-0.2, -0.15) is 0 Å². The van der Waals surface area contributed by atoms with Gasteiger partial charge >= 0.3 is 0 Å². The molecule has 0 saturated heterocycles. The second-order valence-corrected chi connectivity index (χ2v) is 6.96. The molecule has 0 amide bonds. The number of hydrogen-bond donors (Lipinski definition) is 0. The molecule has 0 aliphatic rings. The van der Waals surface area contributed by atoms with Crippen molar-refractivity contribution in [3.63, 3.8) is 0 Å². The fourth-order valence-electron chi connectivity index (χ4n) is 1.64. The molecule has 0 N–H and O–H groups in total. The van der Waals surface area contributed by atoms with E-state index in [1.54, 1.807) is 31.2 Å². The van der Waals surface area contributed by atoms with E-state index in [-0.39, 0.29) is 5.75 Å². The average molecular weight is 297 g/mol. The maximum Gasteiger partial charge on any atom is 0.162 e. The largest absolute Gasteiger partial charge is 0.261 e. The Hall–Kier alpha value is -1.46. The second-order valence-electron chi connectivity index (χ2n) is 4.21. The Bertz CT molecular complexity index is 642. The first-order valence-corrected chi connectivity index (χ1v) is 7.80. The summed E-state index contributed by atoms with van der Waals surface area (Å²) in [5.74, 6) is -0.0398. The van der Waals surface area contributed by atoms with Crippen LogP contribution in [0.5, 0.6) is 0 Å². The Morgan fingerprint density at radius 3 is 2.47 bits per heavy atom. The Kier molecular flexibility index (Phi) is 4.17. The summed E-state index contributed by atoms with van der Waals surface area (Å²) in [6, 6.07) is 6.78. The zero-order chi connectivity index (χ0) is 13.9. The maximum atomic E-state index is 12.3. The first kappa shape index (κ1) is 14.0. The Balaban J connectivity index is 2.21. The lowest BCUT2D eigenvalue weighted by atomic mass is 10.2. The molecule has 0 fully saturated rings. The molecule has 0 bridgehead atoms. The molecule has 1 atom stereocenters. The fourth-order valence-corrected chi connectivity index (χ4v) is 3.17. The third-order valence-electron chi connectivity index (χ3n) is 2.82. The van der Waals surface area contributed by atoms with Crippen molar-refractivity contribution in [2.24, 2.45) is 0 Å². The molecule has 0 aliphatic heterocycles. The van der Waals surface area contributed by atoms with Crippen molar-refractivity contribution in [3.8, 4) is 0 Å². The third-order valence-corrected chi connectivity index (χ3v) is 5.13. The normalized spacial score (nSPS) is 13.2. The van der Waals surface area contributed by atoms with Crippen molar-refractivity contribution < 1.29 is 8.42 Å². The van der Waals surface area contributed by atoms with E-state index < -0.39 is 15.1 Å². The molecular weight excluding hydrogens is 284 g/mol. The molecule has 0 aliphatic carbocycles. The summed E-state index contributed by atoms with van der Waals surface area (Å²) in [6.45, 7) is 1.62. The highest BCUT2D eigenvalue weighted by Gasteiger charge is 2.24. The van der Waals surface area contributed by atoms with E-state index in [9.17, 15) is 8.42 Å². The van der Waals surface area contributed by atoms with E-state index in [0.29, 0.717) is 16.3 Å². The summed E-state index contributed by atoms with van der Waals surface area (Å²) >= 11 is 5.77. The van der Waals surface area contributed by atoms with Gasteiger partial charge in [-0.15, -0.1) is 0 Å². The molecule has 100 valence electrons. The van der Waals surface area contributed by atoms with Crippen LogP contribution in [-0.4, -0.2) is 18.4 Å². The number of nitrogens with zero attached hydrogens (tertiary/aromatic N) is 2. The van der Waals surface area contributed by atoms with Crippen LogP contribution in [-0.2, 0) is 15.6 Å². The standard InChI is InChI=1S/C13H13ClN2O2S/c1-10(13-8-15-6-7-16-13)19(17,18)9-11-2-4-12(14)5-3-11/h2-8,10H,9H2,1H3/t10-/m0/s1. The highest BCUT2D eigenvalue weighted by molar-refractivity contribution is 7.90. The SMILES string of the molecule is C[C@@H](c1cnccn1)S(=O)(=O)Cc1ccc(Cl)cc1. The van der Waals surface area contributed by atoms with Crippen molar-refractivity contribution in [1.82, 2.24) is 9.97 Å². The van der Waals surface area contributed by atoms with Crippen molar-refractivity contribution >= 4 is 21.4 Å². The number of benzene rings is 1. The number of aromatic nitrogens is 2. The first-order valence-electron chi connectivity index (χ1n) is 5.71. The summed E-state index contributed by atoms with van der Waals surface area (Å²) in [7, 11) is -3.32. The van der Waals surface area contributed by atoms with Crippen LogP contribution in [0, 0.1) is 0 Å². The minimum Gasteiger partial charge on any atom is -0.261 e. The van der Waals surface area contributed by atoms with Crippen LogP contribution in [0.3, 0.4) is 0 Å². The van der Waals surface area contributed by atoms with Gasteiger partial charge in [0.05, 0.1) is 11.4 Å². The van der Waals surface area contributed by atoms with Gasteiger partial charge in [0.2, 0.25) is 0 Å². The van der Waals surface area contributed by atoms with Crippen LogP contribution >= 0.6 is 11.6 Å². The average Bonchev–Trinajstić information content (AvgIpc) is 2.41. The van der Waals surface area contributed by atoms with Crippen molar-refractivity contribution in [2.45, 2.75) is 17.9 Å². The fraction of sp³-hybridized carbons (Fsp3) is 0.231. The summed E-state index contributed by atoms with van der Waals surface area (Å²) < 4.78 is 24.6. The minimum atomic E-state index is -3.32. The molecule has 19 heavy (non-hydrogen) atoms. The topological polar surface area (TPSA) is 59.9 Å². The summed E-state index contributed by atoms with van der Waals surface area (Å²) in [6.07, 6.45) is 4.48. The molecule has 6 heteroatoms. The summed E-state index contributed by atoms with van der Waals surface area (Å²) in [5.41, 5.74) is 1.16. The zero-order valence-corrected chi connectivity index (χ0v) is 11.9. The van der Waals surface area contributed by atoms with Crippen LogP contribution < -0.4 is 0 Å². The van der Waals surface area contributed by atoms with Crippen LogP contribution in [0.4, 0.5) is 0 Å². The Morgan fingerprint density at radius 1 is 1.21 bits per heavy atom. The smallest absolute Gasteiger partial charge is 0.162 e. The molecule has 0 unspecified atom stereocenters. The van der Waals surface area contributed by atoms with Crippen LogP contribution in [0.1, 0.15) is 23.4 Å². The van der Waals surface area contributed by atoms with Gasteiger partial charge in [0.25, 0.3) is 0 Å². The van der Waals surface area contributed by atoms with Gasteiger partial charge in [0.1, 0.15) is 5.25 Å². The van der Waals surface area contributed by atoms with E-state index in [1.165, 1.54) is 18.6 Å². The molecular formula is C13H13ClN2O2S. The van der Waals surface area contributed by atoms with Gasteiger partial charge in [-0.25, -0.2) is 8.42 Å². The van der Waals surface area contributed by atoms with Gasteiger partial charge in [-0.3, -0.25) is 9.97 Å². The molecule has 1 aromatic heterocycles. The van der Waals surface area contributed by atoms with E-state index >= 15 is 0 Å². The maximum absolute atomic E-state index is 12.3. The molecule has 0 saturated carbocycles. The van der Waals surface area contributed by atoms with E-state index in [4.69, 9.17) is 11.6 Å². The zero-order valence-electron chi connectivity index (χ0n) is 10.3. The first-order chi connectivity index (χ1) is 8.99. The van der Waals surface area contributed by atoms with E-state index in [2.05, 4.69) is 9.97 Å². The quantitative estimate of drug-likeness (QED) is 0.870. The van der Waals surface area contributed by atoms with Crippen LogP contribution in [0.15, 0.2) is 42.9 Å². The lowest BCUT2D eigenvalue weighted by molar-refractivity contribution is 0.583. The highest BCUT2D eigenvalue weighted by Crippen LogP contribution is 2.23. The van der Waals surface area contributed by atoms with Gasteiger partial charge in [-0.1, -0.05) is 23.7 Å².